The molecule has 0 aromatic heterocycles. The minimum Gasteiger partial charge on any atom is -0.489 e. The molecule has 43 heavy (non-hydrogen) atoms. The van der Waals surface area contributed by atoms with Crippen LogP contribution >= 0.6 is 0 Å². The van der Waals surface area contributed by atoms with Gasteiger partial charge in [-0.3, -0.25) is 9.59 Å². The van der Waals surface area contributed by atoms with E-state index in [1.807, 2.05) is 106 Å². The Bertz CT molecular complexity index is 1320. The summed E-state index contributed by atoms with van der Waals surface area (Å²) in [6.45, 7) is 7.49. The lowest BCUT2D eigenvalue weighted by Gasteiger charge is -2.33. The van der Waals surface area contributed by atoms with E-state index in [1.54, 1.807) is 4.90 Å². The Morgan fingerprint density at radius 2 is 1.44 bits per heavy atom. The molecule has 0 aliphatic carbocycles. The number of ether oxygens (including phenoxy) is 2. The molecule has 1 heterocycles. The van der Waals surface area contributed by atoms with Gasteiger partial charge in [0.2, 0.25) is 11.8 Å². The number of hydrogen-bond acceptors (Lipinski definition) is 5. The maximum Gasteiger partial charge on any atom is 0.410 e. The molecule has 0 radical (unpaired) electrons. The lowest BCUT2D eigenvalue weighted by molar-refractivity contribution is -0.129. The second-order valence-electron chi connectivity index (χ2n) is 12.1. The van der Waals surface area contributed by atoms with Crippen molar-refractivity contribution < 1.29 is 23.9 Å². The highest BCUT2D eigenvalue weighted by molar-refractivity contribution is 5.88. The maximum absolute atomic E-state index is 13.3. The predicted octanol–water partition coefficient (Wildman–Crippen LogP) is 5.65. The van der Waals surface area contributed by atoms with E-state index in [4.69, 9.17) is 9.47 Å². The molecule has 1 aliphatic heterocycles. The number of carbonyl (C=O) groups excluding carboxylic acids is 3. The topological polar surface area (TPSA) is 97.0 Å². The monoisotopic (exact) mass is 585 g/mol. The summed E-state index contributed by atoms with van der Waals surface area (Å²) in [5, 5.41) is 5.97. The fourth-order valence-corrected chi connectivity index (χ4v) is 4.98. The van der Waals surface area contributed by atoms with Crippen molar-refractivity contribution in [3.63, 3.8) is 0 Å². The molecule has 0 bridgehead atoms. The van der Waals surface area contributed by atoms with E-state index in [0.717, 1.165) is 22.4 Å². The Labute approximate surface area is 254 Å². The van der Waals surface area contributed by atoms with Crippen molar-refractivity contribution in [3.05, 3.63) is 102 Å². The van der Waals surface area contributed by atoms with Gasteiger partial charge in [-0.1, -0.05) is 72.8 Å². The zero-order valence-corrected chi connectivity index (χ0v) is 25.4. The quantitative estimate of drug-likeness (QED) is 0.303. The van der Waals surface area contributed by atoms with E-state index in [2.05, 4.69) is 10.6 Å². The number of amides is 3. The van der Waals surface area contributed by atoms with E-state index in [1.165, 1.54) is 0 Å². The molecule has 0 saturated carbocycles. The van der Waals surface area contributed by atoms with Crippen LogP contribution in [0.15, 0.2) is 84.9 Å². The number of nitrogens with one attached hydrogen (secondary N) is 2. The molecule has 4 rings (SSSR count). The summed E-state index contributed by atoms with van der Waals surface area (Å²) in [5.74, 6) is 0.465. The molecule has 3 aromatic carbocycles. The van der Waals surface area contributed by atoms with Crippen molar-refractivity contribution >= 4 is 17.9 Å². The number of nitrogens with zero attached hydrogens (tertiary/aromatic N) is 1. The minimum atomic E-state index is -0.728. The number of piperidine rings is 1. The van der Waals surface area contributed by atoms with Crippen molar-refractivity contribution in [2.75, 3.05) is 13.1 Å². The van der Waals surface area contributed by atoms with Gasteiger partial charge >= 0.3 is 6.09 Å². The van der Waals surface area contributed by atoms with Gasteiger partial charge in [-0.2, -0.15) is 0 Å². The average molecular weight is 586 g/mol. The molecule has 1 saturated heterocycles. The van der Waals surface area contributed by atoms with Gasteiger partial charge in [-0.15, -0.1) is 0 Å². The van der Waals surface area contributed by atoms with E-state index in [-0.39, 0.29) is 23.8 Å². The van der Waals surface area contributed by atoms with E-state index in [9.17, 15) is 14.4 Å². The first kappa shape index (κ1) is 31.6. The molecule has 8 heteroatoms. The summed E-state index contributed by atoms with van der Waals surface area (Å²) in [4.78, 5) is 40.5. The highest BCUT2D eigenvalue weighted by Gasteiger charge is 2.29. The third-order valence-corrected chi connectivity index (χ3v) is 7.31. The van der Waals surface area contributed by atoms with Crippen molar-refractivity contribution in [2.24, 2.45) is 5.92 Å². The molecular formula is C35H43N3O5. The van der Waals surface area contributed by atoms with Crippen molar-refractivity contribution in [1.29, 1.82) is 0 Å². The SMILES string of the molecule is CC(C)(C)OC(=O)N1CCC(CC(=O)N[C@@H](Cc2ccc(OCc3ccccc3)cc2)C(=O)NCc2ccccc2)CC1. The molecule has 8 nitrogen and oxygen atoms in total. The molecule has 0 unspecified atom stereocenters. The summed E-state index contributed by atoms with van der Waals surface area (Å²) in [5.41, 5.74) is 2.44. The highest BCUT2D eigenvalue weighted by atomic mass is 16.6. The third kappa shape index (κ3) is 10.8. The summed E-state index contributed by atoms with van der Waals surface area (Å²) < 4.78 is 11.4. The second kappa shape index (κ2) is 15.2. The number of benzene rings is 3. The van der Waals surface area contributed by atoms with Gasteiger partial charge < -0.3 is 25.0 Å². The number of hydrogen-bond donors (Lipinski definition) is 2. The molecule has 0 spiro atoms. The Morgan fingerprint density at radius 3 is 2.05 bits per heavy atom. The number of likely N-dealkylation sites (tertiary alicyclic amines) is 1. The lowest BCUT2D eigenvalue weighted by Crippen LogP contribution is -2.48. The first-order valence-electron chi connectivity index (χ1n) is 15.0. The van der Waals surface area contributed by atoms with Crippen LogP contribution in [0.2, 0.25) is 0 Å². The number of carbonyl (C=O) groups is 3. The molecule has 3 aromatic rings. The van der Waals surface area contributed by atoms with Crippen LogP contribution < -0.4 is 15.4 Å². The molecule has 1 atom stereocenters. The second-order valence-corrected chi connectivity index (χ2v) is 12.1. The highest BCUT2D eigenvalue weighted by Crippen LogP contribution is 2.23. The Morgan fingerprint density at radius 1 is 0.837 bits per heavy atom. The fourth-order valence-electron chi connectivity index (χ4n) is 4.98. The van der Waals surface area contributed by atoms with Gasteiger partial charge in [0.15, 0.2) is 0 Å². The Balaban J connectivity index is 1.33. The molecule has 3 amide bonds. The summed E-state index contributed by atoms with van der Waals surface area (Å²) in [7, 11) is 0. The average Bonchev–Trinajstić information content (AvgIpc) is 2.99. The van der Waals surface area contributed by atoms with Crippen molar-refractivity contribution in [2.45, 2.75) is 71.2 Å². The zero-order valence-electron chi connectivity index (χ0n) is 25.4. The lowest BCUT2D eigenvalue weighted by atomic mass is 9.93. The molecular weight excluding hydrogens is 542 g/mol. The van der Waals surface area contributed by atoms with Gasteiger partial charge in [0.05, 0.1) is 0 Å². The molecule has 1 fully saturated rings. The molecule has 228 valence electrons. The minimum absolute atomic E-state index is 0.132. The first-order valence-corrected chi connectivity index (χ1v) is 15.0. The van der Waals surface area contributed by atoms with Crippen LogP contribution in [-0.2, 0) is 33.9 Å². The van der Waals surface area contributed by atoms with E-state index < -0.39 is 11.6 Å². The largest absolute Gasteiger partial charge is 0.489 e. The number of rotatable bonds is 11. The van der Waals surface area contributed by atoms with E-state index >= 15 is 0 Å². The van der Waals surface area contributed by atoms with Crippen LogP contribution in [0.4, 0.5) is 4.79 Å². The van der Waals surface area contributed by atoms with Crippen LogP contribution in [-0.4, -0.2) is 47.5 Å². The Hall–Kier alpha value is -4.33. The van der Waals surface area contributed by atoms with Crippen LogP contribution in [0.3, 0.4) is 0 Å². The Kier molecular flexibility index (Phi) is 11.2. The molecule has 2 N–H and O–H groups in total. The fraction of sp³-hybridized carbons (Fsp3) is 0.400. The van der Waals surface area contributed by atoms with Crippen molar-refractivity contribution in [3.8, 4) is 5.75 Å². The van der Waals surface area contributed by atoms with Gasteiger partial charge in [0.25, 0.3) is 0 Å². The van der Waals surface area contributed by atoms with Crippen LogP contribution in [0, 0.1) is 5.92 Å². The van der Waals surface area contributed by atoms with Gasteiger partial charge in [-0.25, -0.2) is 4.79 Å². The summed E-state index contributed by atoms with van der Waals surface area (Å²) in [6.07, 6.45) is 1.76. The van der Waals surface area contributed by atoms with Crippen molar-refractivity contribution in [1.82, 2.24) is 15.5 Å². The van der Waals surface area contributed by atoms with Crippen LogP contribution in [0.5, 0.6) is 5.75 Å². The molecule has 1 aliphatic rings. The summed E-state index contributed by atoms with van der Waals surface area (Å²) in [6, 6.07) is 26.5. The predicted molar refractivity (Wildman–Crippen MR) is 166 cm³/mol. The summed E-state index contributed by atoms with van der Waals surface area (Å²) >= 11 is 0. The third-order valence-electron chi connectivity index (χ3n) is 7.31. The zero-order chi connectivity index (χ0) is 30.7. The smallest absolute Gasteiger partial charge is 0.410 e. The standard InChI is InChI=1S/C35H43N3O5/c1-35(2,3)43-34(41)38-20-18-27(19-21-38)23-32(39)37-31(33(40)36-24-28-10-6-4-7-11-28)22-26-14-16-30(17-15-26)42-25-29-12-8-5-9-13-29/h4-17,27,31H,18-25H2,1-3H3,(H,36,40)(H,37,39)/t31-/m0/s1. The van der Waals surface area contributed by atoms with Gasteiger partial charge in [0.1, 0.15) is 24.0 Å². The normalized spacial score (nSPS) is 14.4. The van der Waals surface area contributed by atoms with E-state index in [0.29, 0.717) is 51.9 Å². The van der Waals surface area contributed by atoms with Gasteiger partial charge in [-0.05, 0) is 68.4 Å². The maximum atomic E-state index is 13.3. The van der Waals surface area contributed by atoms with Crippen LogP contribution in [0.25, 0.3) is 0 Å². The first-order chi connectivity index (χ1) is 20.6. The van der Waals surface area contributed by atoms with Gasteiger partial charge in [0, 0.05) is 32.5 Å². The van der Waals surface area contributed by atoms with Crippen LogP contribution in [0.1, 0.15) is 56.7 Å².